The number of benzene rings is 2. The average Bonchev–Trinajstić information content (AvgIpc) is 2.67. The summed E-state index contributed by atoms with van der Waals surface area (Å²) in [4.78, 5) is 25.1. The van der Waals surface area contributed by atoms with Gasteiger partial charge < -0.3 is 15.4 Å². The van der Waals surface area contributed by atoms with Crippen LogP contribution in [0.25, 0.3) is 0 Å². The molecule has 1 atom stereocenters. The molecule has 0 spiro atoms. The summed E-state index contributed by atoms with van der Waals surface area (Å²) in [6, 6.07) is 11.4. The Morgan fingerprint density at radius 2 is 1.48 bits per heavy atom. The maximum atomic E-state index is 12.5. The van der Waals surface area contributed by atoms with Crippen molar-refractivity contribution in [3.8, 4) is 0 Å². The zero-order chi connectivity index (χ0) is 24.8. The molecule has 0 aliphatic heterocycles. The molecule has 0 bridgehead atoms. The van der Waals surface area contributed by atoms with Gasteiger partial charge in [0, 0.05) is 11.4 Å². The summed E-state index contributed by atoms with van der Waals surface area (Å²) in [5.41, 5.74) is 1.10. The lowest BCUT2D eigenvalue weighted by atomic mass is 10.0. The maximum absolute atomic E-state index is 12.5. The van der Waals surface area contributed by atoms with Crippen molar-refractivity contribution in [1.82, 2.24) is 5.32 Å². The highest BCUT2D eigenvalue weighted by Crippen LogP contribution is 2.19. The first-order valence-corrected chi connectivity index (χ1v) is 12.2. The monoisotopic (exact) mass is 475 g/mol. The Labute approximate surface area is 196 Å². The number of hydrogen-bond donors (Lipinski definition) is 3. The normalized spacial score (nSPS) is 12.7. The van der Waals surface area contributed by atoms with Crippen molar-refractivity contribution in [1.29, 1.82) is 0 Å². The second-order valence-corrected chi connectivity index (χ2v) is 11.0. The van der Waals surface area contributed by atoms with E-state index in [-0.39, 0.29) is 10.8 Å². The molecule has 0 aliphatic rings. The highest BCUT2D eigenvalue weighted by atomic mass is 32.2. The zero-order valence-electron chi connectivity index (χ0n) is 19.9. The Balaban J connectivity index is 2.01. The van der Waals surface area contributed by atoms with E-state index in [2.05, 4.69) is 15.4 Å². The Kier molecular flexibility index (Phi) is 8.49. The number of carbonyl (C=O) groups is 2. The number of urea groups is 1. The van der Waals surface area contributed by atoms with Gasteiger partial charge in [-0.2, -0.15) is 0 Å². The molecule has 0 aromatic heterocycles. The van der Waals surface area contributed by atoms with E-state index in [4.69, 9.17) is 4.74 Å². The number of ether oxygens (including phenoxy) is 1. The summed E-state index contributed by atoms with van der Waals surface area (Å²) >= 11 is 0. The molecule has 2 aromatic carbocycles. The predicted molar refractivity (Wildman–Crippen MR) is 130 cm³/mol. The third kappa shape index (κ3) is 8.76. The molecular formula is C24H33N3O5S. The Morgan fingerprint density at radius 3 is 2.00 bits per heavy atom. The lowest BCUT2D eigenvalue weighted by Crippen LogP contribution is -2.46. The minimum atomic E-state index is -3.72. The van der Waals surface area contributed by atoms with Crippen LogP contribution in [0.2, 0.25) is 0 Å². The molecule has 0 aliphatic carbocycles. The van der Waals surface area contributed by atoms with Crippen LogP contribution in [0.5, 0.6) is 0 Å². The molecule has 0 unspecified atom stereocenters. The number of nitrogens with one attached hydrogen (secondary N) is 3. The fourth-order valence-corrected chi connectivity index (χ4v) is 4.00. The van der Waals surface area contributed by atoms with Crippen LogP contribution in [0.1, 0.15) is 46.6 Å². The van der Waals surface area contributed by atoms with Gasteiger partial charge in [0.25, 0.3) is 10.0 Å². The number of anilines is 2. The molecule has 3 N–H and O–H groups in total. The van der Waals surface area contributed by atoms with Gasteiger partial charge in [-0.15, -0.1) is 0 Å². The van der Waals surface area contributed by atoms with E-state index in [0.717, 1.165) is 5.56 Å². The lowest BCUT2D eigenvalue weighted by molar-refractivity contribution is -0.157. The fraction of sp³-hybridized carbons (Fsp3) is 0.417. The molecule has 2 aromatic rings. The van der Waals surface area contributed by atoms with Gasteiger partial charge in [-0.25, -0.2) is 18.0 Å². The maximum Gasteiger partial charge on any atom is 0.329 e. The first-order chi connectivity index (χ1) is 15.2. The lowest BCUT2D eigenvalue weighted by Gasteiger charge is -2.25. The summed E-state index contributed by atoms with van der Waals surface area (Å²) in [6.45, 7) is 11.1. The third-order valence-corrected chi connectivity index (χ3v) is 5.83. The van der Waals surface area contributed by atoms with Gasteiger partial charge in [-0.1, -0.05) is 31.5 Å². The molecule has 2 rings (SSSR count). The number of rotatable bonds is 8. The number of sulfonamides is 1. The van der Waals surface area contributed by atoms with Crippen molar-refractivity contribution in [2.45, 2.75) is 64.5 Å². The van der Waals surface area contributed by atoms with Crippen LogP contribution in [0, 0.1) is 12.8 Å². The van der Waals surface area contributed by atoms with E-state index in [1.807, 2.05) is 20.8 Å². The van der Waals surface area contributed by atoms with Gasteiger partial charge in [-0.05, 0) is 76.4 Å². The molecule has 0 saturated heterocycles. The van der Waals surface area contributed by atoms with Gasteiger partial charge >= 0.3 is 12.0 Å². The van der Waals surface area contributed by atoms with Crippen LogP contribution >= 0.6 is 0 Å². The molecule has 2 amide bonds. The van der Waals surface area contributed by atoms with Crippen molar-refractivity contribution in [3.63, 3.8) is 0 Å². The van der Waals surface area contributed by atoms with Gasteiger partial charge in [0.15, 0.2) is 0 Å². The summed E-state index contributed by atoms with van der Waals surface area (Å²) in [7, 11) is -3.72. The van der Waals surface area contributed by atoms with Gasteiger partial charge in [-0.3, -0.25) is 4.72 Å². The molecule has 8 nitrogen and oxygen atoms in total. The second kappa shape index (κ2) is 10.7. The van der Waals surface area contributed by atoms with Crippen LogP contribution < -0.4 is 15.4 Å². The highest BCUT2D eigenvalue weighted by Gasteiger charge is 2.27. The fourth-order valence-electron chi connectivity index (χ4n) is 2.94. The van der Waals surface area contributed by atoms with Crippen molar-refractivity contribution >= 4 is 33.4 Å². The van der Waals surface area contributed by atoms with Crippen molar-refractivity contribution < 1.29 is 22.7 Å². The molecule has 9 heteroatoms. The van der Waals surface area contributed by atoms with E-state index >= 15 is 0 Å². The summed E-state index contributed by atoms with van der Waals surface area (Å²) in [6.07, 6.45) is 0.433. The van der Waals surface area contributed by atoms with Gasteiger partial charge in [0.2, 0.25) is 0 Å². The molecule has 180 valence electrons. The predicted octanol–water partition coefficient (Wildman–Crippen LogP) is 4.67. The van der Waals surface area contributed by atoms with Crippen molar-refractivity contribution in [2.75, 3.05) is 10.0 Å². The van der Waals surface area contributed by atoms with E-state index in [9.17, 15) is 18.0 Å². The van der Waals surface area contributed by atoms with Crippen LogP contribution in [-0.4, -0.2) is 32.1 Å². The summed E-state index contributed by atoms with van der Waals surface area (Å²) in [5, 5.41) is 5.32. The molecule has 0 saturated carbocycles. The average molecular weight is 476 g/mol. The Hall–Kier alpha value is -3.07. The van der Waals surface area contributed by atoms with E-state index in [1.165, 1.54) is 12.1 Å². The highest BCUT2D eigenvalue weighted by molar-refractivity contribution is 7.92. The Bertz CT molecular complexity index is 1060. The molecular weight excluding hydrogens is 442 g/mol. The smallest absolute Gasteiger partial charge is 0.329 e. The number of hydrogen-bond acceptors (Lipinski definition) is 5. The standard InChI is InChI=1S/C24H33N3O5S/c1-16(2)15-21(22(28)32-24(4,5)6)26-23(29)25-18-9-11-19(12-10-18)27-33(30,31)20-13-7-17(3)8-14-20/h7-14,16,21,27H,15H2,1-6H3,(H2,25,26,29)/t21-/m0/s1. The number of aryl methyl sites for hydroxylation is 1. The zero-order valence-corrected chi connectivity index (χ0v) is 20.7. The first kappa shape index (κ1) is 26.2. The minimum absolute atomic E-state index is 0.160. The largest absolute Gasteiger partial charge is 0.458 e. The number of carbonyl (C=O) groups excluding carboxylic acids is 2. The Morgan fingerprint density at radius 1 is 0.939 bits per heavy atom. The van der Waals surface area contributed by atoms with Crippen LogP contribution in [0.15, 0.2) is 53.4 Å². The SMILES string of the molecule is Cc1ccc(S(=O)(=O)Nc2ccc(NC(=O)N[C@@H](CC(C)C)C(=O)OC(C)(C)C)cc2)cc1. The topological polar surface area (TPSA) is 114 Å². The van der Waals surface area contributed by atoms with Gasteiger partial charge in [0.05, 0.1) is 4.90 Å². The quantitative estimate of drug-likeness (QED) is 0.480. The van der Waals surface area contributed by atoms with Crippen molar-refractivity contribution in [2.24, 2.45) is 5.92 Å². The van der Waals surface area contributed by atoms with Crippen LogP contribution in [0.4, 0.5) is 16.2 Å². The third-order valence-electron chi connectivity index (χ3n) is 4.43. The first-order valence-electron chi connectivity index (χ1n) is 10.7. The number of amides is 2. The van der Waals surface area contributed by atoms with Crippen LogP contribution in [0.3, 0.4) is 0 Å². The van der Waals surface area contributed by atoms with Crippen LogP contribution in [-0.2, 0) is 19.6 Å². The van der Waals surface area contributed by atoms with Gasteiger partial charge in [0.1, 0.15) is 11.6 Å². The molecule has 0 fully saturated rings. The van der Waals surface area contributed by atoms with E-state index in [1.54, 1.807) is 57.2 Å². The second-order valence-electron chi connectivity index (χ2n) is 9.31. The minimum Gasteiger partial charge on any atom is -0.458 e. The number of esters is 1. The van der Waals surface area contributed by atoms with E-state index < -0.39 is 33.7 Å². The molecule has 0 radical (unpaired) electrons. The summed E-state index contributed by atoms with van der Waals surface area (Å²) < 4.78 is 32.9. The summed E-state index contributed by atoms with van der Waals surface area (Å²) in [5.74, 6) is -0.323. The molecule has 0 heterocycles. The van der Waals surface area contributed by atoms with Crippen molar-refractivity contribution in [3.05, 3.63) is 54.1 Å². The van der Waals surface area contributed by atoms with E-state index in [0.29, 0.717) is 17.8 Å². The molecule has 33 heavy (non-hydrogen) atoms.